The van der Waals surface area contributed by atoms with E-state index in [0.29, 0.717) is 0 Å². The van der Waals surface area contributed by atoms with Gasteiger partial charge in [0, 0.05) is 12.2 Å². The van der Waals surface area contributed by atoms with Gasteiger partial charge < -0.3 is 5.32 Å². The zero-order valence-electron chi connectivity index (χ0n) is 3.65. The van der Waals surface area contributed by atoms with Crippen molar-refractivity contribution in [3.63, 3.8) is 0 Å². The molecule has 0 saturated heterocycles. The summed E-state index contributed by atoms with van der Waals surface area (Å²) in [7, 11) is 0. The highest BCUT2D eigenvalue weighted by Gasteiger charge is 1.81. The third-order valence-corrected chi connectivity index (χ3v) is 0.805. The molecule has 0 aliphatic carbocycles. The van der Waals surface area contributed by atoms with Gasteiger partial charge >= 0.3 is 0 Å². The molecule has 6 heavy (non-hydrogen) atoms. The fourth-order valence-corrected chi connectivity index (χ4v) is 0.482. The molecule has 0 aromatic rings. The molecule has 1 aliphatic rings. The normalized spacial score (nSPS) is 18.7. The molecule has 0 bridgehead atoms. The first-order valence-electron chi connectivity index (χ1n) is 2.21. The van der Waals surface area contributed by atoms with Gasteiger partial charge in [-0.2, -0.15) is 0 Å². The van der Waals surface area contributed by atoms with Crippen molar-refractivity contribution < 1.29 is 5.32 Å². The van der Waals surface area contributed by atoms with Gasteiger partial charge in [-0.3, -0.25) is 0 Å². The first-order chi connectivity index (χ1) is 3.00. The third-order valence-electron chi connectivity index (χ3n) is 0.805. The Labute approximate surface area is 37.4 Å². The van der Waals surface area contributed by atoms with E-state index < -0.39 is 0 Å². The van der Waals surface area contributed by atoms with Crippen molar-refractivity contribution in [2.45, 2.75) is 0 Å². The summed E-state index contributed by atoms with van der Waals surface area (Å²) in [6.45, 7) is 2.22. The van der Waals surface area contributed by atoms with Crippen molar-refractivity contribution in [2.75, 3.05) is 13.1 Å². The van der Waals surface area contributed by atoms with Crippen molar-refractivity contribution >= 4 is 0 Å². The van der Waals surface area contributed by atoms with Crippen molar-refractivity contribution in [3.05, 3.63) is 17.9 Å². The van der Waals surface area contributed by atoms with E-state index in [1.54, 1.807) is 0 Å². The van der Waals surface area contributed by atoms with Crippen LogP contribution < -0.4 is 5.32 Å². The molecule has 1 aliphatic heterocycles. The van der Waals surface area contributed by atoms with Crippen LogP contribution in [-0.4, -0.2) is 13.1 Å². The van der Waals surface area contributed by atoms with Gasteiger partial charge in [0.05, 0.1) is 0 Å². The lowest BCUT2D eigenvalue weighted by Crippen LogP contribution is -2.84. The quantitative estimate of drug-likeness (QED) is 0.371. The van der Waals surface area contributed by atoms with E-state index in [1.807, 2.05) is 12.2 Å². The van der Waals surface area contributed by atoms with Crippen molar-refractivity contribution in [3.8, 4) is 0 Å². The van der Waals surface area contributed by atoms with Crippen LogP contribution in [0.25, 0.3) is 0 Å². The Morgan fingerprint density at radius 2 is 2.00 bits per heavy atom. The summed E-state index contributed by atoms with van der Waals surface area (Å²) in [4.78, 5) is 0. The van der Waals surface area contributed by atoms with Gasteiger partial charge in [-0.05, 0) is 0 Å². The number of hydrogen-bond donors (Lipinski definition) is 1. The van der Waals surface area contributed by atoms with Gasteiger partial charge in [0.25, 0.3) is 0 Å². The first-order valence-corrected chi connectivity index (χ1v) is 2.21. The highest BCUT2D eigenvalue weighted by atomic mass is 14.8. The molecule has 1 heterocycles. The van der Waals surface area contributed by atoms with E-state index in [0.717, 1.165) is 13.1 Å². The molecular formula is C5H8N+. The Bertz CT molecular complexity index is 80.1. The molecule has 2 N–H and O–H groups in total. The number of hydrogen-bond acceptors (Lipinski definition) is 0. The van der Waals surface area contributed by atoms with E-state index in [-0.39, 0.29) is 0 Å². The van der Waals surface area contributed by atoms with Gasteiger partial charge in [-0.25, -0.2) is 0 Å². The summed E-state index contributed by atoms with van der Waals surface area (Å²) in [5, 5.41) is 2.22. The van der Waals surface area contributed by atoms with Crippen LogP contribution in [0, 0.1) is 0 Å². The molecule has 0 unspecified atom stereocenters. The van der Waals surface area contributed by atoms with Crippen LogP contribution in [-0.2, 0) is 0 Å². The fourth-order valence-electron chi connectivity index (χ4n) is 0.482. The van der Waals surface area contributed by atoms with Gasteiger partial charge in [-0.1, -0.05) is 0 Å². The molecule has 0 amide bonds. The lowest BCUT2D eigenvalue weighted by Gasteiger charge is -1.91. The lowest BCUT2D eigenvalue weighted by atomic mass is 10.4. The summed E-state index contributed by atoms with van der Waals surface area (Å²) in [5.41, 5.74) is 3.00. The smallest absolute Gasteiger partial charge is 0.102 e. The number of rotatable bonds is 0. The number of quaternary nitrogens is 1. The van der Waals surface area contributed by atoms with Crippen molar-refractivity contribution in [2.24, 2.45) is 0 Å². The molecule has 0 aromatic carbocycles. The molecule has 0 radical (unpaired) electrons. The van der Waals surface area contributed by atoms with Crippen LogP contribution in [0.1, 0.15) is 0 Å². The summed E-state index contributed by atoms with van der Waals surface area (Å²) in [5.74, 6) is 0. The molecule has 32 valence electrons. The summed E-state index contributed by atoms with van der Waals surface area (Å²) in [6, 6.07) is 0. The molecule has 1 nitrogen and oxygen atoms in total. The SMILES string of the molecule is C1=CC[NH2+]CC=1. The molecular weight excluding hydrogens is 74.1 g/mol. The molecule has 1 rings (SSSR count). The maximum atomic E-state index is 3.00. The van der Waals surface area contributed by atoms with E-state index in [4.69, 9.17) is 0 Å². The largest absolute Gasteiger partial charge is 0.339 e. The predicted octanol–water partition coefficient (Wildman–Crippen LogP) is -0.725. The van der Waals surface area contributed by atoms with Crippen LogP contribution in [0.4, 0.5) is 0 Å². The lowest BCUT2D eigenvalue weighted by molar-refractivity contribution is -0.638. The molecule has 0 aromatic heterocycles. The predicted molar refractivity (Wildman–Crippen MR) is 24.3 cm³/mol. The second kappa shape index (κ2) is 1.81. The maximum Gasteiger partial charge on any atom is 0.102 e. The van der Waals surface area contributed by atoms with Crippen molar-refractivity contribution in [1.29, 1.82) is 0 Å². The Hall–Kier alpha value is -0.520. The van der Waals surface area contributed by atoms with Crippen LogP contribution in [0.15, 0.2) is 17.9 Å². The average molecular weight is 82.1 g/mol. The highest BCUT2D eigenvalue weighted by molar-refractivity contribution is 4.85. The zero-order valence-corrected chi connectivity index (χ0v) is 3.65. The van der Waals surface area contributed by atoms with Crippen LogP contribution in [0.2, 0.25) is 0 Å². The molecule has 1 heteroatoms. The van der Waals surface area contributed by atoms with Gasteiger partial charge in [0.2, 0.25) is 0 Å². The summed E-state index contributed by atoms with van der Waals surface area (Å²) < 4.78 is 0. The first kappa shape index (κ1) is 3.66. The maximum absolute atomic E-state index is 3.00. The average Bonchev–Trinajstić information content (AvgIpc) is 1.72. The summed E-state index contributed by atoms with van der Waals surface area (Å²) in [6.07, 6.45) is 4.06. The molecule has 0 spiro atoms. The minimum Gasteiger partial charge on any atom is -0.339 e. The molecule has 0 saturated carbocycles. The van der Waals surface area contributed by atoms with E-state index in [1.165, 1.54) is 0 Å². The second-order valence-electron chi connectivity index (χ2n) is 1.33. The minimum absolute atomic E-state index is 1.11. The van der Waals surface area contributed by atoms with Gasteiger partial charge in [0.15, 0.2) is 0 Å². The molecule has 0 fully saturated rings. The van der Waals surface area contributed by atoms with Crippen LogP contribution in [0.3, 0.4) is 0 Å². The van der Waals surface area contributed by atoms with Gasteiger partial charge in [-0.15, -0.1) is 5.73 Å². The van der Waals surface area contributed by atoms with E-state index >= 15 is 0 Å². The molecule has 0 atom stereocenters. The number of nitrogens with two attached hydrogens (primary N) is 1. The monoisotopic (exact) mass is 82.1 g/mol. The topological polar surface area (TPSA) is 16.6 Å². The zero-order chi connectivity index (χ0) is 4.24. The van der Waals surface area contributed by atoms with E-state index in [9.17, 15) is 0 Å². The third kappa shape index (κ3) is 0.713. The second-order valence-corrected chi connectivity index (χ2v) is 1.33. The van der Waals surface area contributed by atoms with E-state index in [2.05, 4.69) is 11.0 Å². The van der Waals surface area contributed by atoms with Gasteiger partial charge in [0.1, 0.15) is 13.1 Å². The highest BCUT2D eigenvalue weighted by Crippen LogP contribution is 1.63. The Morgan fingerprint density at radius 1 is 1.33 bits per heavy atom. The Morgan fingerprint density at radius 3 is 2.17 bits per heavy atom. The Balaban J connectivity index is 2.53. The Kier molecular flexibility index (Phi) is 1.10. The minimum atomic E-state index is 1.11. The van der Waals surface area contributed by atoms with Crippen LogP contribution in [0.5, 0.6) is 0 Å². The summed E-state index contributed by atoms with van der Waals surface area (Å²) >= 11 is 0. The fraction of sp³-hybridized carbons (Fsp3) is 0.400. The standard InChI is InChI=1S/C5H7N/c1-2-4-6-5-3-1/h2-3,6H,4-5H2/p+1. The van der Waals surface area contributed by atoms with Crippen LogP contribution >= 0.6 is 0 Å². The van der Waals surface area contributed by atoms with Crippen molar-refractivity contribution in [1.82, 2.24) is 0 Å².